The molecule has 2 heterocycles. The highest BCUT2D eigenvalue weighted by atomic mass is 16.6. The quantitative estimate of drug-likeness (QED) is 0.662. The number of aromatic nitrogens is 3. The molecule has 2 aromatic rings. The van der Waals surface area contributed by atoms with Gasteiger partial charge in [0.2, 0.25) is 0 Å². The molecule has 0 saturated carbocycles. The van der Waals surface area contributed by atoms with Gasteiger partial charge in [0, 0.05) is 6.20 Å². The van der Waals surface area contributed by atoms with Crippen LogP contribution in [0.5, 0.6) is 0 Å². The number of nitrogens with zero attached hydrogens (tertiary/aromatic N) is 4. The van der Waals surface area contributed by atoms with E-state index in [0.29, 0.717) is 0 Å². The van der Waals surface area contributed by atoms with Crippen molar-refractivity contribution in [2.75, 3.05) is 0 Å². The van der Waals surface area contributed by atoms with Crippen LogP contribution in [0.2, 0.25) is 0 Å². The van der Waals surface area contributed by atoms with Gasteiger partial charge in [0.1, 0.15) is 11.4 Å². The number of carboxylic acid groups (broad SMARTS) is 1. The first-order valence-electron chi connectivity index (χ1n) is 5.32. The first-order valence-corrected chi connectivity index (χ1v) is 5.32. The molecule has 0 spiro atoms. The zero-order chi connectivity index (χ0) is 14.2. The lowest BCUT2D eigenvalue weighted by molar-refractivity contribution is -0.386. The van der Waals surface area contributed by atoms with E-state index in [2.05, 4.69) is 10.1 Å². The molecule has 0 radical (unpaired) electrons. The van der Waals surface area contributed by atoms with Crippen molar-refractivity contribution in [1.29, 1.82) is 0 Å². The van der Waals surface area contributed by atoms with Gasteiger partial charge in [-0.3, -0.25) is 10.1 Å². The highest BCUT2D eigenvalue weighted by Crippen LogP contribution is 2.25. The fraction of sp³-hybridized carbons (Fsp3) is 0.182. The van der Waals surface area contributed by atoms with E-state index in [9.17, 15) is 14.9 Å². The molecule has 0 atom stereocenters. The lowest BCUT2D eigenvalue weighted by Gasteiger charge is -2.05. The number of hydrogen-bond acceptors (Lipinski definition) is 5. The molecular weight excluding hydrogens is 252 g/mol. The third-order valence-corrected chi connectivity index (χ3v) is 2.65. The van der Waals surface area contributed by atoms with Gasteiger partial charge in [-0.15, -0.1) is 0 Å². The molecule has 98 valence electrons. The minimum Gasteiger partial charge on any atom is -0.476 e. The van der Waals surface area contributed by atoms with Crippen LogP contribution in [-0.4, -0.2) is 30.8 Å². The Morgan fingerprint density at radius 3 is 2.68 bits per heavy atom. The van der Waals surface area contributed by atoms with Crippen LogP contribution in [0, 0.1) is 24.0 Å². The van der Waals surface area contributed by atoms with Gasteiger partial charge in [-0.05, 0) is 26.0 Å². The van der Waals surface area contributed by atoms with Crippen molar-refractivity contribution in [2.45, 2.75) is 13.8 Å². The van der Waals surface area contributed by atoms with E-state index in [-0.39, 0.29) is 28.5 Å². The minimum atomic E-state index is -1.22. The van der Waals surface area contributed by atoms with Crippen LogP contribution in [0.3, 0.4) is 0 Å². The molecule has 0 aromatic carbocycles. The number of nitro groups is 1. The van der Waals surface area contributed by atoms with E-state index in [1.165, 1.54) is 30.8 Å². The summed E-state index contributed by atoms with van der Waals surface area (Å²) >= 11 is 0. The topological polar surface area (TPSA) is 111 Å². The second-order valence-electron chi connectivity index (χ2n) is 3.86. The molecule has 8 nitrogen and oxygen atoms in total. The summed E-state index contributed by atoms with van der Waals surface area (Å²) < 4.78 is 1.23. The van der Waals surface area contributed by atoms with Gasteiger partial charge in [0.05, 0.1) is 10.6 Å². The molecule has 0 unspecified atom stereocenters. The Balaban J connectivity index is 2.70. The summed E-state index contributed by atoms with van der Waals surface area (Å²) in [5, 5.41) is 24.0. The summed E-state index contributed by atoms with van der Waals surface area (Å²) in [6, 6.07) is 3.05. The second-order valence-corrected chi connectivity index (χ2v) is 3.86. The van der Waals surface area contributed by atoms with Gasteiger partial charge in [0.25, 0.3) is 0 Å². The minimum absolute atomic E-state index is 0.125. The molecule has 0 fully saturated rings. The molecule has 2 aromatic heterocycles. The molecule has 0 amide bonds. The molecule has 19 heavy (non-hydrogen) atoms. The van der Waals surface area contributed by atoms with E-state index in [1.54, 1.807) is 6.07 Å². The largest absolute Gasteiger partial charge is 0.476 e. The SMILES string of the molecule is Cc1nn(-c2cccnc2C(=O)O)c(C)c1[N+](=O)[O-]. The van der Waals surface area contributed by atoms with Crippen LogP contribution in [0.4, 0.5) is 5.69 Å². The fourth-order valence-corrected chi connectivity index (χ4v) is 1.87. The number of hydrogen-bond donors (Lipinski definition) is 1. The maximum absolute atomic E-state index is 11.1. The number of rotatable bonds is 3. The summed E-state index contributed by atoms with van der Waals surface area (Å²) in [6.07, 6.45) is 1.34. The molecule has 0 aliphatic rings. The van der Waals surface area contributed by atoms with Crippen molar-refractivity contribution in [3.05, 3.63) is 45.5 Å². The normalized spacial score (nSPS) is 10.4. The number of pyridine rings is 1. The van der Waals surface area contributed by atoms with Crippen molar-refractivity contribution in [2.24, 2.45) is 0 Å². The summed E-state index contributed by atoms with van der Waals surface area (Å²) in [7, 11) is 0. The molecule has 0 aliphatic heterocycles. The Morgan fingerprint density at radius 1 is 1.47 bits per heavy atom. The monoisotopic (exact) mass is 262 g/mol. The third-order valence-electron chi connectivity index (χ3n) is 2.65. The molecule has 2 rings (SSSR count). The van der Waals surface area contributed by atoms with Gasteiger partial charge in [-0.1, -0.05) is 0 Å². The van der Waals surface area contributed by atoms with Crippen molar-refractivity contribution < 1.29 is 14.8 Å². The summed E-state index contributed by atoms with van der Waals surface area (Å²) in [5.41, 5.74) is 0.354. The van der Waals surface area contributed by atoms with E-state index >= 15 is 0 Å². The van der Waals surface area contributed by atoms with E-state index < -0.39 is 10.9 Å². The average Bonchev–Trinajstić information content (AvgIpc) is 2.64. The maximum Gasteiger partial charge on any atom is 0.356 e. The Hall–Kier alpha value is -2.77. The number of carbonyl (C=O) groups is 1. The van der Waals surface area contributed by atoms with Crippen LogP contribution < -0.4 is 0 Å². The van der Waals surface area contributed by atoms with Crippen LogP contribution >= 0.6 is 0 Å². The predicted octanol–water partition coefficient (Wildman–Crippen LogP) is 1.49. The number of carboxylic acids is 1. The van der Waals surface area contributed by atoms with E-state index in [0.717, 1.165) is 0 Å². The van der Waals surface area contributed by atoms with Gasteiger partial charge >= 0.3 is 11.7 Å². The molecule has 0 bridgehead atoms. The fourth-order valence-electron chi connectivity index (χ4n) is 1.87. The zero-order valence-electron chi connectivity index (χ0n) is 10.2. The summed E-state index contributed by atoms with van der Waals surface area (Å²) in [4.78, 5) is 25.2. The first-order chi connectivity index (χ1) is 8.93. The molecule has 8 heteroatoms. The lowest BCUT2D eigenvalue weighted by atomic mass is 10.2. The number of aryl methyl sites for hydroxylation is 1. The zero-order valence-corrected chi connectivity index (χ0v) is 10.2. The summed E-state index contributed by atoms with van der Waals surface area (Å²) in [5.74, 6) is -1.22. The molecule has 0 aliphatic carbocycles. The van der Waals surface area contributed by atoms with Crippen LogP contribution in [-0.2, 0) is 0 Å². The van der Waals surface area contributed by atoms with Crippen LogP contribution in [0.25, 0.3) is 5.69 Å². The smallest absolute Gasteiger partial charge is 0.356 e. The molecular formula is C11H10N4O4. The van der Waals surface area contributed by atoms with E-state index in [1.807, 2.05) is 0 Å². The van der Waals surface area contributed by atoms with Gasteiger partial charge in [0.15, 0.2) is 5.69 Å². The lowest BCUT2D eigenvalue weighted by Crippen LogP contribution is -2.10. The Morgan fingerprint density at radius 2 is 2.16 bits per heavy atom. The number of aromatic carboxylic acids is 1. The van der Waals surface area contributed by atoms with Gasteiger partial charge < -0.3 is 5.11 Å². The van der Waals surface area contributed by atoms with Gasteiger partial charge in [-0.2, -0.15) is 5.10 Å². The van der Waals surface area contributed by atoms with Crippen LogP contribution in [0.1, 0.15) is 21.9 Å². The van der Waals surface area contributed by atoms with Gasteiger partial charge in [-0.25, -0.2) is 14.5 Å². The Kier molecular flexibility index (Phi) is 2.99. The van der Waals surface area contributed by atoms with Crippen molar-refractivity contribution >= 4 is 11.7 Å². The highest BCUT2D eigenvalue weighted by molar-refractivity contribution is 5.89. The average molecular weight is 262 g/mol. The molecule has 1 N–H and O–H groups in total. The van der Waals surface area contributed by atoms with Crippen LogP contribution in [0.15, 0.2) is 18.3 Å². The third kappa shape index (κ3) is 2.03. The second kappa shape index (κ2) is 4.48. The predicted molar refractivity (Wildman–Crippen MR) is 64.4 cm³/mol. The van der Waals surface area contributed by atoms with Crippen molar-refractivity contribution in [3.63, 3.8) is 0 Å². The molecule has 0 saturated heterocycles. The standard InChI is InChI=1S/C11H10N4O4/c1-6-10(15(18)19)7(2)14(13-6)8-4-3-5-12-9(8)11(16)17/h3-5H,1-2H3,(H,16,17). The first kappa shape index (κ1) is 12.7. The Labute approximate surface area is 107 Å². The van der Waals surface area contributed by atoms with Crippen molar-refractivity contribution in [3.8, 4) is 5.69 Å². The summed E-state index contributed by atoms with van der Waals surface area (Å²) in [6.45, 7) is 3.01. The Bertz CT molecular complexity index is 677. The van der Waals surface area contributed by atoms with E-state index in [4.69, 9.17) is 5.11 Å². The van der Waals surface area contributed by atoms with Crippen molar-refractivity contribution in [1.82, 2.24) is 14.8 Å². The maximum atomic E-state index is 11.1. The highest BCUT2D eigenvalue weighted by Gasteiger charge is 2.24.